The number of hydrogen-bond donors (Lipinski definition) is 0. The van der Waals surface area contributed by atoms with Crippen molar-refractivity contribution in [3.63, 3.8) is 0 Å². The molecule has 1 aliphatic rings. The van der Waals surface area contributed by atoms with Crippen LogP contribution in [-0.4, -0.2) is 41.8 Å². The van der Waals surface area contributed by atoms with E-state index in [4.69, 9.17) is 4.52 Å². The Morgan fingerprint density at radius 2 is 2.29 bits per heavy atom. The van der Waals surface area contributed by atoms with Gasteiger partial charge >= 0.3 is 0 Å². The average Bonchev–Trinajstić information content (AvgIpc) is 3.30. The minimum atomic E-state index is -0.123. The molecule has 4 rings (SSSR count). The fourth-order valence-corrected chi connectivity index (χ4v) is 3.14. The second-order valence-corrected chi connectivity index (χ2v) is 5.96. The van der Waals surface area contributed by atoms with Crippen LogP contribution in [0.1, 0.15) is 40.7 Å². The van der Waals surface area contributed by atoms with Crippen LogP contribution in [0.5, 0.6) is 0 Å². The second-order valence-electron chi connectivity index (χ2n) is 5.96. The van der Waals surface area contributed by atoms with Crippen molar-refractivity contribution in [3.05, 3.63) is 53.7 Å². The largest absolute Gasteiger partial charge is 0.361 e. The van der Waals surface area contributed by atoms with Gasteiger partial charge in [-0.1, -0.05) is 5.16 Å². The molecule has 0 aliphatic carbocycles. The van der Waals surface area contributed by atoms with Crippen molar-refractivity contribution in [2.45, 2.75) is 33.0 Å². The lowest BCUT2D eigenvalue weighted by atomic mass is 10.2. The van der Waals surface area contributed by atoms with E-state index in [-0.39, 0.29) is 11.9 Å². The highest BCUT2D eigenvalue weighted by atomic mass is 16.5. The van der Waals surface area contributed by atoms with Crippen molar-refractivity contribution in [1.29, 1.82) is 0 Å². The maximum Gasteiger partial charge on any atom is 0.276 e. The van der Waals surface area contributed by atoms with Crippen LogP contribution < -0.4 is 0 Å². The maximum absolute atomic E-state index is 12.6. The number of carbonyl (C=O) groups excluding carboxylic acids is 1. The molecule has 0 aromatic carbocycles. The van der Waals surface area contributed by atoms with E-state index in [0.29, 0.717) is 31.1 Å². The molecular weight excluding hydrogens is 308 g/mol. The van der Waals surface area contributed by atoms with Crippen LogP contribution in [0.4, 0.5) is 0 Å². The molecule has 0 saturated carbocycles. The fraction of sp³-hybridized carbons (Fsp3) is 0.375. The molecule has 8 nitrogen and oxygen atoms in total. The van der Waals surface area contributed by atoms with E-state index < -0.39 is 0 Å². The van der Waals surface area contributed by atoms with Crippen molar-refractivity contribution < 1.29 is 9.32 Å². The van der Waals surface area contributed by atoms with Crippen molar-refractivity contribution in [3.8, 4) is 0 Å². The lowest BCUT2D eigenvalue weighted by Crippen LogP contribution is -2.41. The minimum Gasteiger partial charge on any atom is -0.361 e. The highest BCUT2D eigenvalue weighted by Crippen LogP contribution is 2.27. The van der Waals surface area contributed by atoms with Gasteiger partial charge in [-0.25, -0.2) is 4.98 Å². The van der Waals surface area contributed by atoms with E-state index >= 15 is 0 Å². The zero-order valence-electron chi connectivity index (χ0n) is 13.6. The number of fused-ring (bicyclic) bond motifs is 1. The zero-order chi connectivity index (χ0) is 16.7. The Labute approximate surface area is 138 Å². The van der Waals surface area contributed by atoms with Crippen molar-refractivity contribution >= 4 is 5.91 Å². The molecule has 0 fully saturated rings. The molecule has 1 amide bonds. The first-order chi connectivity index (χ1) is 11.6. The van der Waals surface area contributed by atoms with Crippen LogP contribution in [0.2, 0.25) is 0 Å². The predicted octanol–water partition coefficient (Wildman–Crippen LogP) is 1.64. The van der Waals surface area contributed by atoms with Crippen LogP contribution in [0.25, 0.3) is 0 Å². The molecule has 1 aliphatic heterocycles. The highest BCUT2D eigenvalue weighted by molar-refractivity contribution is 5.92. The van der Waals surface area contributed by atoms with Crippen molar-refractivity contribution in [2.24, 2.45) is 0 Å². The van der Waals surface area contributed by atoms with Gasteiger partial charge in [0.05, 0.1) is 24.5 Å². The molecule has 24 heavy (non-hydrogen) atoms. The van der Waals surface area contributed by atoms with E-state index in [9.17, 15) is 4.79 Å². The Bertz CT molecular complexity index is 863. The third-order valence-corrected chi connectivity index (χ3v) is 4.37. The Balaban J connectivity index is 1.58. The molecule has 0 radical (unpaired) electrons. The van der Waals surface area contributed by atoms with Gasteiger partial charge in [-0.2, -0.15) is 5.10 Å². The monoisotopic (exact) mass is 326 g/mol. The molecule has 1 atom stereocenters. The molecule has 0 saturated heterocycles. The van der Waals surface area contributed by atoms with Gasteiger partial charge in [0.1, 0.15) is 11.6 Å². The molecule has 0 bridgehead atoms. The van der Waals surface area contributed by atoms with Gasteiger partial charge in [0, 0.05) is 31.5 Å². The summed E-state index contributed by atoms with van der Waals surface area (Å²) < 4.78 is 9.05. The smallest absolute Gasteiger partial charge is 0.276 e. The summed E-state index contributed by atoms with van der Waals surface area (Å²) in [5.74, 6) is 1.39. The number of amides is 1. The molecule has 1 unspecified atom stereocenters. The third kappa shape index (κ3) is 2.40. The molecule has 0 spiro atoms. The van der Waals surface area contributed by atoms with E-state index in [0.717, 1.165) is 11.5 Å². The first-order valence-corrected chi connectivity index (χ1v) is 7.89. The molecule has 4 heterocycles. The van der Waals surface area contributed by atoms with Gasteiger partial charge in [0.25, 0.3) is 5.91 Å². The first kappa shape index (κ1) is 14.7. The number of nitrogens with zero attached hydrogens (tertiary/aromatic N) is 6. The number of aryl methyl sites for hydroxylation is 1. The van der Waals surface area contributed by atoms with Crippen LogP contribution in [-0.2, 0) is 13.1 Å². The quantitative estimate of drug-likeness (QED) is 0.731. The summed E-state index contributed by atoms with van der Waals surface area (Å²) in [5, 5.41) is 8.07. The summed E-state index contributed by atoms with van der Waals surface area (Å²) in [7, 11) is 0. The summed E-state index contributed by atoms with van der Waals surface area (Å²) in [6.07, 6.45) is 5.55. The van der Waals surface area contributed by atoms with E-state index in [2.05, 4.69) is 19.8 Å². The van der Waals surface area contributed by atoms with Gasteiger partial charge in [-0.05, 0) is 19.9 Å². The lowest BCUT2D eigenvalue weighted by molar-refractivity contribution is 0.0625. The Kier molecular flexibility index (Phi) is 3.44. The molecule has 3 aromatic heterocycles. The van der Waals surface area contributed by atoms with Gasteiger partial charge in [-0.3, -0.25) is 9.48 Å². The molecule has 3 aromatic rings. The minimum absolute atomic E-state index is 0.116. The molecule has 8 heteroatoms. The topological polar surface area (TPSA) is 82.0 Å². The van der Waals surface area contributed by atoms with Crippen LogP contribution in [0.15, 0.2) is 35.2 Å². The molecule has 0 N–H and O–H groups in total. The van der Waals surface area contributed by atoms with Gasteiger partial charge < -0.3 is 14.0 Å². The maximum atomic E-state index is 12.6. The Morgan fingerprint density at radius 3 is 3.00 bits per heavy atom. The molecule has 124 valence electrons. The van der Waals surface area contributed by atoms with Gasteiger partial charge in [0.15, 0.2) is 5.69 Å². The van der Waals surface area contributed by atoms with Crippen molar-refractivity contribution in [1.82, 2.24) is 29.4 Å². The van der Waals surface area contributed by atoms with E-state index in [1.807, 2.05) is 30.1 Å². The summed E-state index contributed by atoms with van der Waals surface area (Å²) in [5.41, 5.74) is 1.43. The number of carbonyl (C=O) groups is 1. The lowest BCUT2D eigenvalue weighted by Gasteiger charge is -2.33. The molecular formula is C16H18N6O2. The Hall–Kier alpha value is -2.90. The summed E-state index contributed by atoms with van der Waals surface area (Å²) >= 11 is 0. The summed E-state index contributed by atoms with van der Waals surface area (Å²) in [6, 6.07) is 3.45. The standard InChI is InChI=1S/C16H18N6O2/c1-11-8-14(19-24-11)16(23)21-6-7-22-13(9-17-15(22)12(21)2)10-20-5-3-4-18-20/h3-5,8-9,12H,6-7,10H2,1-2H3. The van der Waals surface area contributed by atoms with Crippen LogP contribution in [0.3, 0.4) is 0 Å². The first-order valence-electron chi connectivity index (χ1n) is 7.89. The number of aromatic nitrogens is 5. The highest BCUT2D eigenvalue weighted by Gasteiger charge is 2.32. The number of rotatable bonds is 3. The predicted molar refractivity (Wildman–Crippen MR) is 84.2 cm³/mol. The van der Waals surface area contributed by atoms with E-state index in [1.165, 1.54) is 0 Å². The zero-order valence-corrected chi connectivity index (χ0v) is 13.6. The van der Waals surface area contributed by atoms with Crippen molar-refractivity contribution in [2.75, 3.05) is 6.54 Å². The van der Waals surface area contributed by atoms with Crippen LogP contribution in [0, 0.1) is 6.92 Å². The summed E-state index contributed by atoms with van der Waals surface area (Å²) in [6.45, 7) is 5.75. The second kappa shape index (κ2) is 5.63. The normalized spacial score (nSPS) is 17.1. The van der Waals surface area contributed by atoms with Gasteiger partial charge in [0.2, 0.25) is 0 Å². The SMILES string of the molecule is Cc1cc(C(=O)N2CCn3c(Cn4cccn4)cnc3C2C)no1. The summed E-state index contributed by atoms with van der Waals surface area (Å²) in [4.78, 5) is 19.0. The average molecular weight is 326 g/mol. The fourth-order valence-electron chi connectivity index (χ4n) is 3.14. The Morgan fingerprint density at radius 1 is 1.42 bits per heavy atom. The van der Waals surface area contributed by atoms with Crippen LogP contribution >= 0.6 is 0 Å². The van der Waals surface area contributed by atoms with Gasteiger partial charge in [-0.15, -0.1) is 0 Å². The number of hydrogen-bond acceptors (Lipinski definition) is 5. The third-order valence-electron chi connectivity index (χ3n) is 4.37. The number of imidazole rings is 1. The van der Waals surface area contributed by atoms with E-state index in [1.54, 1.807) is 24.1 Å².